The number of rotatable bonds is 7. The van der Waals surface area contributed by atoms with E-state index in [9.17, 15) is 4.79 Å². The maximum absolute atomic E-state index is 11.2. The average molecular weight is 214 g/mol. The summed E-state index contributed by atoms with van der Waals surface area (Å²) in [5.41, 5.74) is 0. The zero-order valence-electron chi connectivity index (χ0n) is 9.71. The Kier molecular flexibility index (Phi) is 5.65. The summed E-state index contributed by atoms with van der Waals surface area (Å²) in [6.45, 7) is 7.42. The van der Waals surface area contributed by atoms with E-state index in [1.54, 1.807) is 0 Å². The number of hydrogen-bond acceptors (Lipinski definition) is 3. The zero-order valence-corrected chi connectivity index (χ0v) is 9.71. The predicted octanol–water partition coefficient (Wildman–Crippen LogP) is 0.527. The number of carbonyl (C=O) groups excluding carboxylic acids is 1. The summed E-state index contributed by atoms with van der Waals surface area (Å²) in [6.07, 6.45) is 2.23. The Labute approximate surface area is 91.8 Å². The summed E-state index contributed by atoms with van der Waals surface area (Å²) in [4.78, 5) is 11.2. The topological polar surface area (TPSA) is 50.4 Å². The van der Waals surface area contributed by atoms with Crippen LogP contribution in [0.1, 0.15) is 26.7 Å². The molecule has 4 heteroatoms. The molecule has 1 saturated heterocycles. The summed E-state index contributed by atoms with van der Waals surface area (Å²) in [7, 11) is 0. The van der Waals surface area contributed by atoms with Gasteiger partial charge in [0.2, 0.25) is 5.91 Å². The Bertz CT molecular complexity index is 195. The van der Waals surface area contributed by atoms with Crippen LogP contribution in [0.15, 0.2) is 0 Å². The Morgan fingerprint density at radius 3 is 2.93 bits per heavy atom. The van der Waals surface area contributed by atoms with E-state index in [-0.39, 0.29) is 11.8 Å². The Morgan fingerprint density at radius 1 is 1.53 bits per heavy atom. The predicted molar refractivity (Wildman–Crippen MR) is 59.7 cm³/mol. The lowest BCUT2D eigenvalue weighted by atomic mass is 10.0. The van der Waals surface area contributed by atoms with Crippen LogP contribution in [0.2, 0.25) is 0 Å². The van der Waals surface area contributed by atoms with Gasteiger partial charge in [-0.05, 0) is 33.2 Å². The zero-order chi connectivity index (χ0) is 11.1. The van der Waals surface area contributed by atoms with Gasteiger partial charge in [-0.15, -0.1) is 0 Å². The highest BCUT2D eigenvalue weighted by molar-refractivity contribution is 5.80. The van der Waals surface area contributed by atoms with E-state index in [1.807, 2.05) is 13.8 Å². The number of nitrogens with one attached hydrogen (secondary N) is 2. The molecule has 1 unspecified atom stereocenters. The molecule has 1 aliphatic heterocycles. The summed E-state index contributed by atoms with van der Waals surface area (Å²) in [5.74, 6) is 0.443. The van der Waals surface area contributed by atoms with Crippen molar-refractivity contribution in [2.45, 2.75) is 32.8 Å². The van der Waals surface area contributed by atoms with Crippen molar-refractivity contribution in [3.63, 3.8) is 0 Å². The van der Waals surface area contributed by atoms with Gasteiger partial charge in [-0.2, -0.15) is 0 Å². The van der Waals surface area contributed by atoms with Crippen LogP contribution in [-0.2, 0) is 9.53 Å². The molecule has 1 atom stereocenters. The highest BCUT2D eigenvalue weighted by Crippen LogP contribution is 2.12. The molecule has 0 aromatic rings. The normalized spacial score (nSPS) is 21.0. The number of ether oxygens (including phenoxy) is 1. The van der Waals surface area contributed by atoms with Crippen molar-refractivity contribution in [1.29, 1.82) is 0 Å². The average Bonchev–Trinajstić information content (AvgIpc) is 2.57. The first kappa shape index (κ1) is 12.5. The van der Waals surface area contributed by atoms with Gasteiger partial charge in [0, 0.05) is 19.0 Å². The van der Waals surface area contributed by atoms with Gasteiger partial charge in [-0.1, -0.05) is 0 Å². The molecular formula is C11H22N2O2. The maximum atomic E-state index is 11.2. The molecule has 4 nitrogen and oxygen atoms in total. The molecule has 1 heterocycles. The van der Waals surface area contributed by atoms with E-state index >= 15 is 0 Å². The molecule has 1 rings (SSSR count). The summed E-state index contributed by atoms with van der Waals surface area (Å²) in [6, 6.07) is 0. The van der Waals surface area contributed by atoms with Gasteiger partial charge < -0.3 is 15.4 Å². The largest absolute Gasteiger partial charge is 0.377 e. The molecule has 0 aromatic heterocycles. The maximum Gasteiger partial charge on any atom is 0.223 e. The molecule has 0 aromatic carbocycles. The number of amides is 1. The Balaban J connectivity index is 1.90. The van der Waals surface area contributed by atoms with Crippen LogP contribution in [0, 0.1) is 5.92 Å². The van der Waals surface area contributed by atoms with E-state index in [0.717, 1.165) is 39.1 Å². The molecule has 0 saturated carbocycles. The number of hydrogen-bond donors (Lipinski definition) is 2. The third-order valence-electron chi connectivity index (χ3n) is 2.56. The minimum Gasteiger partial charge on any atom is -0.377 e. The minimum absolute atomic E-state index is 0.218. The standard InChI is InChI=1S/C11H22N2O2/c1-9(2)15-8-7-12-5-3-10-4-6-13-11(10)14/h9-10,12H,3-8H2,1-2H3,(H,13,14). The molecule has 1 aliphatic rings. The molecule has 88 valence electrons. The lowest BCUT2D eigenvalue weighted by molar-refractivity contribution is -0.122. The second-order valence-corrected chi connectivity index (χ2v) is 4.23. The van der Waals surface area contributed by atoms with Crippen LogP contribution in [-0.4, -0.2) is 38.3 Å². The van der Waals surface area contributed by atoms with Crippen LogP contribution in [0.5, 0.6) is 0 Å². The van der Waals surface area contributed by atoms with Crippen molar-refractivity contribution >= 4 is 5.91 Å². The highest BCUT2D eigenvalue weighted by atomic mass is 16.5. The molecule has 1 fully saturated rings. The second kappa shape index (κ2) is 6.80. The van der Waals surface area contributed by atoms with Gasteiger partial charge in [0.05, 0.1) is 12.7 Å². The quantitative estimate of drug-likeness (QED) is 0.608. The summed E-state index contributed by atoms with van der Waals surface area (Å²) < 4.78 is 5.39. The molecule has 0 bridgehead atoms. The van der Waals surface area contributed by atoms with Gasteiger partial charge in [0.15, 0.2) is 0 Å². The molecule has 1 amide bonds. The summed E-state index contributed by atoms with van der Waals surface area (Å²) >= 11 is 0. The van der Waals surface area contributed by atoms with Gasteiger partial charge >= 0.3 is 0 Å². The third kappa shape index (κ3) is 5.14. The van der Waals surface area contributed by atoms with Crippen LogP contribution < -0.4 is 10.6 Å². The molecule has 0 aliphatic carbocycles. The van der Waals surface area contributed by atoms with Crippen LogP contribution >= 0.6 is 0 Å². The summed E-state index contributed by atoms with van der Waals surface area (Å²) in [5, 5.41) is 6.13. The van der Waals surface area contributed by atoms with E-state index in [0.29, 0.717) is 6.10 Å². The van der Waals surface area contributed by atoms with Gasteiger partial charge in [-0.3, -0.25) is 4.79 Å². The third-order valence-corrected chi connectivity index (χ3v) is 2.56. The van der Waals surface area contributed by atoms with Gasteiger partial charge in [0.1, 0.15) is 0 Å². The highest BCUT2D eigenvalue weighted by Gasteiger charge is 2.22. The minimum atomic E-state index is 0.218. The monoisotopic (exact) mass is 214 g/mol. The van der Waals surface area contributed by atoms with Crippen molar-refractivity contribution in [3.8, 4) is 0 Å². The lowest BCUT2D eigenvalue weighted by Crippen LogP contribution is -2.26. The fraction of sp³-hybridized carbons (Fsp3) is 0.909. The Morgan fingerprint density at radius 2 is 2.33 bits per heavy atom. The fourth-order valence-electron chi connectivity index (χ4n) is 1.69. The first-order chi connectivity index (χ1) is 7.20. The van der Waals surface area contributed by atoms with Gasteiger partial charge in [0.25, 0.3) is 0 Å². The number of carbonyl (C=O) groups is 1. The first-order valence-corrected chi connectivity index (χ1v) is 5.80. The van der Waals surface area contributed by atoms with E-state index in [4.69, 9.17) is 4.74 Å². The first-order valence-electron chi connectivity index (χ1n) is 5.80. The lowest BCUT2D eigenvalue weighted by Gasteiger charge is -2.10. The van der Waals surface area contributed by atoms with Crippen LogP contribution in [0.25, 0.3) is 0 Å². The van der Waals surface area contributed by atoms with Crippen molar-refractivity contribution < 1.29 is 9.53 Å². The van der Waals surface area contributed by atoms with E-state index < -0.39 is 0 Å². The molecule has 0 spiro atoms. The van der Waals surface area contributed by atoms with Gasteiger partial charge in [-0.25, -0.2) is 0 Å². The van der Waals surface area contributed by atoms with Crippen molar-refractivity contribution in [2.24, 2.45) is 5.92 Å². The smallest absolute Gasteiger partial charge is 0.223 e. The SMILES string of the molecule is CC(C)OCCNCCC1CCNC1=O. The van der Waals surface area contributed by atoms with Crippen LogP contribution in [0.4, 0.5) is 0 Å². The second-order valence-electron chi connectivity index (χ2n) is 4.23. The fourth-order valence-corrected chi connectivity index (χ4v) is 1.69. The van der Waals surface area contributed by atoms with Crippen molar-refractivity contribution in [2.75, 3.05) is 26.2 Å². The molecule has 0 radical (unpaired) electrons. The Hall–Kier alpha value is -0.610. The molecule has 2 N–H and O–H groups in total. The van der Waals surface area contributed by atoms with Crippen LogP contribution in [0.3, 0.4) is 0 Å². The molecule has 15 heavy (non-hydrogen) atoms. The van der Waals surface area contributed by atoms with E-state index in [1.165, 1.54) is 0 Å². The van der Waals surface area contributed by atoms with E-state index in [2.05, 4.69) is 10.6 Å². The van der Waals surface area contributed by atoms with Crippen molar-refractivity contribution in [3.05, 3.63) is 0 Å². The van der Waals surface area contributed by atoms with Crippen molar-refractivity contribution in [1.82, 2.24) is 10.6 Å². The molecular weight excluding hydrogens is 192 g/mol.